The molecule has 0 spiro atoms. The number of fused-ring (bicyclic) bond motifs is 3. The van der Waals surface area contributed by atoms with Gasteiger partial charge in [0.1, 0.15) is 0 Å². The SMILES string of the molecule is O=C1CCCc2c(CCNCc3cccnc3)c3ccccn3c21. The van der Waals surface area contributed by atoms with Crippen LogP contribution < -0.4 is 5.32 Å². The molecule has 4 rings (SSSR count). The summed E-state index contributed by atoms with van der Waals surface area (Å²) in [6, 6.07) is 10.2. The summed E-state index contributed by atoms with van der Waals surface area (Å²) in [5.41, 5.74) is 5.88. The van der Waals surface area contributed by atoms with Crippen molar-refractivity contribution in [1.29, 1.82) is 0 Å². The molecule has 1 N–H and O–H groups in total. The molecule has 0 unspecified atom stereocenters. The molecule has 0 aliphatic heterocycles. The molecule has 1 aliphatic carbocycles. The lowest BCUT2D eigenvalue weighted by atomic mass is 9.92. The lowest BCUT2D eigenvalue weighted by Gasteiger charge is -2.12. The molecular formula is C20H21N3O. The maximum absolute atomic E-state index is 12.4. The lowest BCUT2D eigenvalue weighted by Crippen LogP contribution is -2.18. The van der Waals surface area contributed by atoms with Crippen molar-refractivity contribution in [2.75, 3.05) is 6.54 Å². The summed E-state index contributed by atoms with van der Waals surface area (Å²) >= 11 is 0. The number of hydrogen-bond donors (Lipinski definition) is 1. The van der Waals surface area contributed by atoms with Gasteiger partial charge >= 0.3 is 0 Å². The van der Waals surface area contributed by atoms with Gasteiger partial charge in [0.05, 0.1) is 5.69 Å². The van der Waals surface area contributed by atoms with Crippen LogP contribution in [0.2, 0.25) is 0 Å². The molecule has 0 amide bonds. The van der Waals surface area contributed by atoms with Gasteiger partial charge in [-0.1, -0.05) is 12.1 Å². The van der Waals surface area contributed by atoms with E-state index in [9.17, 15) is 4.79 Å². The van der Waals surface area contributed by atoms with E-state index in [1.165, 1.54) is 22.2 Å². The molecule has 0 saturated carbocycles. The number of carbonyl (C=O) groups is 1. The summed E-state index contributed by atoms with van der Waals surface area (Å²) < 4.78 is 2.09. The Balaban J connectivity index is 1.55. The molecule has 4 nitrogen and oxygen atoms in total. The van der Waals surface area contributed by atoms with E-state index < -0.39 is 0 Å². The molecular weight excluding hydrogens is 298 g/mol. The van der Waals surface area contributed by atoms with Gasteiger partial charge in [0.2, 0.25) is 0 Å². The highest BCUT2D eigenvalue weighted by atomic mass is 16.1. The standard InChI is InChI=1S/C20H21N3O/c24-19-8-3-6-17-16(18-7-1-2-12-23(18)20(17)19)9-11-22-14-15-5-4-10-21-13-15/h1-2,4-5,7,10,12-13,22H,3,6,8-9,11,14H2. The largest absolute Gasteiger partial charge is 0.313 e. The van der Waals surface area contributed by atoms with Crippen molar-refractivity contribution in [3.05, 3.63) is 71.3 Å². The number of pyridine rings is 2. The van der Waals surface area contributed by atoms with Gasteiger partial charge in [-0.3, -0.25) is 9.78 Å². The third kappa shape index (κ3) is 2.74. The second kappa shape index (κ2) is 6.57. The zero-order valence-corrected chi connectivity index (χ0v) is 13.7. The summed E-state index contributed by atoms with van der Waals surface area (Å²) in [4.78, 5) is 16.5. The van der Waals surface area contributed by atoms with Gasteiger partial charge in [-0.2, -0.15) is 0 Å². The van der Waals surface area contributed by atoms with Crippen molar-refractivity contribution in [3.8, 4) is 0 Å². The Morgan fingerprint density at radius 3 is 3.00 bits per heavy atom. The fraction of sp³-hybridized carbons (Fsp3) is 0.300. The van der Waals surface area contributed by atoms with Crippen molar-refractivity contribution in [2.24, 2.45) is 0 Å². The number of aromatic nitrogens is 2. The normalized spacial score (nSPS) is 14.1. The smallest absolute Gasteiger partial charge is 0.179 e. The van der Waals surface area contributed by atoms with Gasteiger partial charge in [0.25, 0.3) is 0 Å². The highest BCUT2D eigenvalue weighted by Gasteiger charge is 2.25. The molecule has 3 aromatic heterocycles. The fourth-order valence-electron chi connectivity index (χ4n) is 3.67. The summed E-state index contributed by atoms with van der Waals surface area (Å²) in [7, 11) is 0. The molecule has 3 heterocycles. The molecule has 0 bridgehead atoms. The lowest BCUT2D eigenvalue weighted by molar-refractivity contribution is 0.0966. The van der Waals surface area contributed by atoms with Crippen LogP contribution >= 0.6 is 0 Å². The first-order chi connectivity index (χ1) is 11.8. The van der Waals surface area contributed by atoms with Crippen LogP contribution in [0, 0.1) is 0 Å². The van der Waals surface area contributed by atoms with E-state index in [0.717, 1.165) is 38.0 Å². The van der Waals surface area contributed by atoms with Crippen molar-refractivity contribution < 1.29 is 4.79 Å². The Morgan fingerprint density at radius 2 is 2.12 bits per heavy atom. The molecule has 0 radical (unpaired) electrons. The van der Waals surface area contributed by atoms with E-state index in [0.29, 0.717) is 6.42 Å². The van der Waals surface area contributed by atoms with Crippen LogP contribution in [0.1, 0.15) is 40.0 Å². The van der Waals surface area contributed by atoms with Gasteiger partial charge in [-0.15, -0.1) is 0 Å². The Labute approximate surface area is 141 Å². The molecule has 0 fully saturated rings. The minimum Gasteiger partial charge on any atom is -0.313 e. The molecule has 1 aliphatic rings. The Bertz CT molecular complexity index is 867. The van der Waals surface area contributed by atoms with E-state index >= 15 is 0 Å². The topological polar surface area (TPSA) is 46.4 Å². The number of Topliss-reactive ketones (excluding diaryl/α,β-unsaturated/α-hetero) is 1. The summed E-state index contributed by atoms with van der Waals surface area (Å²) in [6.45, 7) is 1.71. The zero-order chi connectivity index (χ0) is 16.4. The monoisotopic (exact) mass is 319 g/mol. The fourth-order valence-corrected chi connectivity index (χ4v) is 3.67. The van der Waals surface area contributed by atoms with Gasteiger partial charge in [0, 0.05) is 37.1 Å². The van der Waals surface area contributed by atoms with Crippen molar-refractivity contribution in [1.82, 2.24) is 14.7 Å². The average molecular weight is 319 g/mol. The van der Waals surface area contributed by atoms with E-state index in [2.05, 4.69) is 32.9 Å². The second-order valence-corrected chi connectivity index (χ2v) is 6.33. The first kappa shape index (κ1) is 15.1. The van der Waals surface area contributed by atoms with Crippen LogP contribution in [-0.2, 0) is 19.4 Å². The molecule has 122 valence electrons. The van der Waals surface area contributed by atoms with E-state index in [4.69, 9.17) is 0 Å². The van der Waals surface area contributed by atoms with E-state index in [1.807, 2.05) is 24.5 Å². The number of carbonyl (C=O) groups excluding carboxylic acids is 1. The maximum Gasteiger partial charge on any atom is 0.179 e. The molecule has 4 heteroatoms. The van der Waals surface area contributed by atoms with E-state index in [-0.39, 0.29) is 5.78 Å². The van der Waals surface area contributed by atoms with Crippen LogP contribution in [0.3, 0.4) is 0 Å². The highest BCUT2D eigenvalue weighted by molar-refractivity contribution is 5.99. The van der Waals surface area contributed by atoms with Crippen LogP contribution in [0.15, 0.2) is 48.9 Å². The summed E-state index contributed by atoms with van der Waals surface area (Å²) in [6.07, 6.45) is 9.30. The summed E-state index contributed by atoms with van der Waals surface area (Å²) in [5.74, 6) is 0.284. The zero-order valence-electron chi connectivity index (χ0n) is 13.7. The number of rotatable bonds is 5. The van der Waals surface area contributed by atoms with Crippen LogP contribution in [0.25, 0.3) is 5.52 Å². The molecule has 0 aromatic carbocycles. The minimum absolute atomic E-state index is 0.284. The molecule has 0 atom stereocenters. The first-order valence-electron chi connectivity index (χ1n) is 8.58. The van der Waals surface area contributed by atoms with Crippen LogP contribution in [0.5, 0.6) is 0 Å². The third-order valence-corrected chi connectivity index (χ3v) is 4.76. The Hall–Kier alpha value is -2.46. The average Bonchev–Trinajstić information content (AvgIpc) is 2.95. The van der Waals surface area contributed by atoms with Crippen molar-refractivity contribution in [3.63, 3.8) is 0 Å². The molecule has 0 saturated heterocycles. The Morgan fingerprint density at radius 1 is 1.17 bits per heavy atom. The molecule has 24 heavy (non-hydrogen) atoms. The number of nitrogens with zero attached hydrogens (tertiary/aromatic N) is 2. The quantitative estimate of drug-likeness (QED) is 0.735. The predicted molar refractivity (Wildman–Crippen MR) is 94.3 cm³/mol. The summed E-state index contributed by atoms with van der Waals surface area (Å²) in [5, 5.41) is 3.49. The molecule has 3 aromatic rings. The number of ketones is 1. The van der Waals surface area contributed by atoms with Crippen molar-refractivity contribution in [2.45, 2.75) is 32.2 Å². The first-order valence-corrected chi connectivity index (χ1v) is 8.58. The van der Waals surface area contributed by atoms with Gasteiger partial charge < -0.3 is 9.72 Å². The van der Waals surface area contributed by atoms with Crippen LogP contribution in [0.4, 0.5) is 0 Å². The highest BCUT2D eigenvalue weighted by Crippen LogP contribution is 2.30. The van der Waals surface area contributed by atoms with Gasteiger partial charge in [-0.25, -0.2) is 0 Å². The van der Waals surface area contributed by atoms with Crippen LogP contribution in [-0.4, -0.2) is 21.7 Å². The second-order valence-electron chi connectivity index (χ2n) is 6.33. The van der Waals surface area contributed by atoms with Gasteiger partial charge in [-0.05, 0) is 60.7 Å². The third-order valence-electron chi connectivity index (χ3n) is 4.76. The van der Waals surface area contributed by atoms with Crippen molar-refractivity contribution >= 4 is 11.3 Å². The minimum atomic E-state index is 0.284. The van der Waals surface area contributed by atoms with E-state index in [1.54, 1.807) is 6.20 Å². The number of nitrogens with one attached hydrogen (secondary N) is 1. The predicted octanol–water partition coefficient (Wildman–Crippen LogP) is 3.19. The number of hydrogen-bond acceptors (Lipinski definition) is 3. The van der Waals surface area contributed by atoms with Gasteiger partial charge in [0.15, 0.2) is 5.78 Å². The Kier molecular flexibility index (Phi) is 4.13. The maximum atomic E-state index is 12.4.